The Morgan fingerprint density at radius 3 is 2.45 bits per heavy atom. The van der Waals surface area contributed by atoms with Gasteiger partial charge in [0.1, 0.15) is 0 Å². The summed E-state index contributed by atoms with van der Waals surface area (Å²) in [5.41, 5.74) is 2.16. The smallest absolute Gasteiger partial charge is 0.310 e. The molecule has 0 aliphatic heterocycles. The number of ether oxygens (including phenoxy) is 2. The van der Waals surface area contributed by atoms with Crippen LogP contribution in [0.3, 0.4) is 0 Å². The lowest BCUT2D eigenvalue weighted by Crippen LogP contribution is -2.52. The summed E-state index contributed by atoms with van der Waals surface area (Å²) in [5, 5.41) is 0. The van der Waals surface area contributed by atoms with Crippen molar-refractivity contribution in [2.24, 2.45) is 52.3 Å². The van der Waals surface area contributed by atoms with Crippen molar-refractivity contribution in [3.63, 3.8) is 0 Å². The average molecular weight is 457 g/mol. The van der Waals surface area contributed by atoms with E-state index in [0.717, 1.165) is 24.2 Å². The van der Waals surface area contributed by atoms with Crippen LogP contribution in [0, 0.1) is 52.3 Å². The zero-order valence-electron chi connectivity index (χ0n) is 21.2. The zero-order valence-corrected chi connectivity index (χ0v) is 21.2. The Labute approximate surface area is 200 Å². The fourth-order valence-corrected chi connectivity index (χ4v) is 9.70. The lowest BCUT2D eigenvalue weighted by Gasteiger charge is -2.60. The molecule has 4 heteroatoms. The topological polar surface area (TPSA) is 52.6 Å². The molecule has 0 radical (unpaired) electrons. The normalized spacial score (nSPS) is 46.2. The van der Waals surface area contributed by atoms with Crippen molar-refractivity contribution in [2.75, 3.05) is 13.2 Å². The second-order valence-corrected chi connectivity index (χ2v) is 12.2. The first-order valence-corrected chi connectivity index (χ1v) is 13.9. The summed E-state index contributed by atoms with van der Waals surface area (Å²) in [6, 6.07) is 0. The molecule has 4 saturated carbocycles. The van der Waals surface area contributed by atoms with Crippen molar-refractivity contribution in [1.29, 1.82) is 0 Å². The molecule has 0 N–H and O–H groups in total. The summed E-state index contributed by atoms with van der Waals surface area (Å²) >= 11 is 0. The standard InChI is InChI=1S/C29H44O4/c1-5-32-26(30)20-12-13-22-21(25(20)27(31)33-6-2)17-24-19-11-10-18-9-7-8-15-28(18,3)23(19)14-16-29(22,24)4/h13,18-21,23-25H,5-12,14-17H2,1-4H3/t18-,19-,20+,21-,23+,24+,25-,28+,29-/m1/s1. The first-order valence-electron chi connectivity index (χ1n) is 13.9. The Kier molecular flexibility index (Phi) is 6.19. The van der Waals surface area contributed by atoms with Gasteiger partial charge in [0.25, 0.3) is 0 Å². The molecule has 0 aromatic heterocycles. The molecule has 0 saturated heterocycles. The van der Waals surface area contributed by atoms with Crippen molar-refractivity contribution < 1.29 is 19.1 Å². The summed E-state index contributed by atoms with van der Waals surface area (Å²) < 4.78 is 11.0. The van der Waals surface area contributed by atoms with E-state index in [2.05, 4.69) is 19.9 Å². The van der Waals surface area contributed by atoms with E-state index < -0.39 is 5.92 Å². The number of carbonyl (C=O) groups excluding carboxylic acids is 2. The molecule has 4 nitrogen and oxygen atoms in total. The molecule has 4 fully saturated rings. The molecule has 9 atom stereocenters. The number of rotatable bonds is 4. The number of hydrogen-bond donors (Lipinski definition) is 0. The Morgan fingerprint density at radius 1 is 0.939 bits per heavy atom. The van der Waals surface area contributed by atoms with Crippen LogP contribution in [0.4, 0.5) is 0 Å². The van der Waals surface area contributed by atoms with Crippen LogP contribution in [-0.2, 0) is 19.1 Å². The lowest BCUT2D eigenvalue weighted by atomic mass is 9.45. The van der Waals surface area contributed by atoms with Gasteiger partial charge in [0.2, 0.25) is 0 Å². The fourth-order valence-electron chi connectivity index (χ4n) is 9.70. The Balaban J connectivity index is 1.47. The van der Waals surface area contributed by atoms with Gasteiger partial charge in [-0.2, -0.15) is 0 Å². The van der Waals surface area contributed by atoms with Crippen LogP contribution in [0.15, 0.2) is 11.6 Å². The summed E-state index contributed by atoms with van der Waals surface area (Å²) in [6.45, 7) is 9.53. The molecule has 0 amide bonds. The highest BCUT2D eigenvalue weighted by Crippen LogP contribution is 2.70. The van der Waals surface area contributed by atoms with E-state index >= 15 is 0 Å². The molecule has 0 aromatic carbocycles. The van der Waals surface area contributed by atoms with Gasteiger partial charge in [-0.1, -0.05) is 38.3 Å². The monoisotopic (exact) mass is 456 g/mol. The van der Waals surface area contributed by atoms with Crippen LogP contribution < -0.4 is 0 Å². The van der Waals surface area contributed by atoms with E-state index in [1.165, 1.54) is 56.9 Å². The third kappa shape index (κ3) is 3.52. The Hall–Kier alpha value is -1.32. The maximum atomic E-state index is 13.2. The molecule has 0 unspecified atom stereocenters. The maximum absolute atomic E-state index is 13.2. The average Bonchev–Trinajstić information content (AvgIpc) is 3.11. The zero-order chi connectivity index (χ0) is 23.4. The third-order valence-electron chi connectivity index (χ3n) is 11.1. The second-order valence-electron chi connectivity index (χ2n) is 12.2. The molecule has 5 aliphatic rings. The number of allylic oxidation sites excluding steroid dienone is 2. The van der Waals surface area contributed by atoms with Crippen molar-refractivity contribution in [3.05, 3.63) is 11.6 Å². The van der Waals surface area contributed by atoms with E-state index in [1.54, 1.807) is 0 Å². The van der Waals surface area contributed by atoms with Crippen molar-refractivity contribution >= 4 is 11.9 Å². The minimum absolute atomic E-state index is 0.137. The van der Waals surface area contributed by atoms with Gasteiger partial charge in [0.15, 0.2) is 0 Å². The van der Waals surface area contributed by atoms with Crippen LogP contribution in [0.2, 0.25) is 0 Å². The van der Waals surface area contributed by atoms with Crippen LogP contribution >= 0.6 is 0 Å². The van der Waals surface area contributed by atoms with E-state index in [0.29, 0.717) is 31.0 Å². The SMILES string of the molecule is CCOC(=O)[C@@H]1[C@@H](C(=O)OCC)CC=C2[C@H]1C[C@H]1[C@@H]3CC[C@H]4CCCC[C@]4(C)[C@H]3CC[C@]21C. The molecule has 184 valence electrons. The molecule has 0 aromatic rings. The van der Waals surface area contributed by atoms with Gasteiger partial charge in [-0.15, -0.1) is 0 Å². The van der Waals surface area contributed by atoms with E-state index in [4.69, 9.17) is 9.47 Å². The summed E-state index contributed by atoms with van der Waals surface area (Å²) in [5.74, 6) is 2.08. The molecule has 0 spiro atoms. The lowest BCUT2D eigenvalue weighted by molar-refractivity contribution is -0.162. The molecular formula is C29H44O4. The second kappa shape index (κ2) is 8.72. The number of carbonyl (C=O) groups is 2. The highest BCUT2D eigenvalue weighted by Gasteiger charge is 2.63. The highest BCUT2D eigenvalue weighted by molar-refractivity contribution is 5.83. The van der Waals surface area contributed by atoms with E-state index in [9.17, 15) is 9.59 Å². The molecule has 0 bridgehead atoms. The number of hydrogen-bond acceptors (Lipinski definition) is 4. The molecule has 33 heavy (non-hydrogen) atoms. The van der Waals surface area contributed by atoms with Crippen molar-refractivity contribution in [1.82, 2.24) is 0 Å². The van der Waals surface area contributed by atoms with E-state index in [-0.39, 0.29) is 29.2 Å². The predicted molar refractivity (Wildman–Crippen MR) is 128 cm³/mol. The Bertz CT molecular complexity index is 816. The van der Waals surface area contributed by atoms with Crippen LogP contribution in [0.1, 0.15) is 91.9 Å². The minimum Gasteiger partial charge on any atom is -0.466 e. The van der Waals surface area contributed by atoms with Crippen molar-refractivity contribution in [3.8, 4) is 0 Å². The quantitative estimate of drug-likeness (QED) is 0.366. The molecule has 5 rings (SSSR count). The van der Waals surface area contributed by atoms with Gasteiger partial charge in [-0.25, -0.2) is 0 Å². The van der Waals surface area contributed by atoms with Gasteiger partial charge in [0, 0.05) is 0 Å². The first-order chi connectivity index (χ1) is 15.8. The largest absolute Gasteiger partial charge is 0.466 e. The molecule has 5 aliphatic carbocycles. The number of fused-ring (bicyclic) bond motifs is 7. The summed E-state index contributed by atoms with van der Waals surface area (Å²) in [4.78, 5) is 26.1. The van der Waals surface area contributed by atoms with Gasteiger partial charge in [-0.05, 0) is 106 Å². The fraction of sp³-hybridized carbons (Fsp3) is 0.862. The highest BCUT2D eigenvalue weighted by atomic mass is 16.5. The third-order valence-corrected chi connectivity index (χ3v) is 11.1. The van der Waals surface area contributed by atoms with Crippen LogP contribution in [0.25, 0.3) is 0 Å². The van der Waals surface area contributed by atoms with E-state index in [1.807, 2.05) is 13.8 Å². The maximum Gasteiger partial charge on any atom is 0.310 e. The van der Waals surface area contributed by atoms with Crippen LogP contribution in [-0.4, -0.2) is 25.2 Å². The molecular weight excluding hydrogens is 412 g/mol. The number of esters is 2. The summed E-state index contributed by atoms with van der Waals surface area (Å²) in [6.07, 6.45) is 15.0. The Morgan fingerprint density at radius 2 is 1.70 bits per heavy atom. The van der Waals surface area contributed by atoms with Gasteiger partial charge in [-0.3, -0.25) is 9.59 Å². The first kappa shape index (κ1) is 23.4. The molecule has 0 heterocycles. The predicted octanol–water partition coefficient (Wildman–Crippen LogP) is 6.33. The van der Waals surface area contributed by atoms with Gasteiger partial charge >= 0.3 is 11.9 Å². The van der Waals surface area contributed by atoms with Crippen LogP contribution in [0.5, 0.6) is 0 Å². The van der Waals surface area contributed by atoms with Crippen molar-refractivity contribution in [2.45, 2.75) is 91.9 Å². The van der Waals surface area contributed by atoms with Gasteiger partial charge < -0.3 is 9.47 Å². The van der Waals surface area contributed by atoms with Gasteiger partial charge in [0.05, 0.1) is 25.0 Å². The minimum atomic E-state index is -0.399. The summed E-state index contributed by atoms with van der Waals surface area (Å²) in [7, 11) is 0.